The maximum Gasteiger partial charge on any atom is 0.251 e. The van der Waals surface area contributed by atoms with E-state index in [0.717, 1.165) is 6.42 Å². The molecule has 18 heavy (non-hydrogen) atoms. The molecular formula is C13H18BrFN2O. The average Bonchev–Trinajstić information content (AvgIpc) is 2.31. The standard InChI is InChI=1S/C13H18BrFN2O/c1-8(2)5-10(7-16)17-13(18)9-3-4-11(14)12(15)6-9/h3-4,6,8,10H,5,7,16H2,1-2H3,(H,17,18). The van der Waals surface area contributed by atoms with Crippen LogP contribution >= 0.6 is 15.9 Å². The molecule has 0 spiro atoms. The van der Waals surface area contributed by atoms with Gasteiger partial charge in [-0.15, -0.1) is 0 Å². The fourth-order valence-electron chi connectivity index (χ4n) is 1.69. The Morgan fingerprint density at radius 2 is 2.17 bits per heavy atom. The summed E-state index contributed by atoms with van der Waals surface area (Å²) in [5.41, 5.74) is 5.91. The molecule has 0 saturated heterocycles. The molecule has 0 fully saturated rings. The van der Waals surface area contributed by atoms with E-state index in [9.17, 15) is 9.18 Å². The number of hydrogen-bond acceptors (Lipinski definition) is 2. The molecule has 1 unspecified atom stereocenters. The van der Waals surface area contributed by atoms with Gasteiger partial charge in [0.2, 0.25) is 0 Å². The molecule has 0 radical (unpaired) electrons. The Morgan fingerprint density at radius 3 is 2.67 bits per heavy atom. The van der Waals surface area contributed by atoms with Gasteiger partial charge in [0.1, 0.15) is 5.82 Å². The zero-order valence-corrected chi connectivity index (χ0v) is 12.1. The molecule has 1 aromatic carbocycles. The second kappa shape index (κ2) is 6.85. The summed E-state index contributed by atoms with van der Waals surface area (Å²) in [6.07, 6.45) is 0.807. The minimum atomic E-state index is -0.448. The fourth-order valence-corrected chi connectivity index (χ4v) is 1.94. The monoisotopic (exact) mass is 316 g/mol. The highest BCUT2D eigenvalue weighted by atomic mass is 79.9. The lowest BCUT2D eigenvalue weighted by Gasteiger charge is -2.18. The summed E-state index contributed by atoms with van der Waals surface area (Å²) in [4.78, 5) is 11.9. The van der Waals surface area contributed by atoms with Gasteiger partial charge in [-0.3, -0.25) is 4.79 Å². The van der Waals surface area contributed by atoms with Crippen LogP contribution < -0.4 is 11.1 Å². The molecule has 3 nitrogen and oxygen atoms in total. The molecule has 1 rings (SSSR count). The summed E-state index contributed by atoms with van der Waals surface area (Å²) in [5.74, 6) is -0.297. The molecule has 0 saturated carbocycles. The van der Waals surface area contributed by atoms with Gasteiger partial charge in [0, 0.05) is 18.2 Å². The quantitative estimate of drug-likeness (QED) is 0.877. The molecule has 0 bridgehead atoms. The van der Waals surface area contributed by atoms with Gasteiger partial charge >= 0.3 is 0 Å². The average molecular weight is 317 g/mol. The predicted octanol–water partition coefficient (Wildman–Crippen LogP) is 2.69. The number of amides is 1. The van der Waals surface area contributed by atoms with E-state index in [1.807, 2.05) is 0 Å². The maximum atomic E-state index is 13.3. The van der Waals surface area contributed by atoms with Crippen LogP contribution in [0.15, 0.2) is 22.7 Å². The highest BCUT2D eigenvalue weighted by Crippen LogP contribution is 2.16. The third kappa shape index (κ3) is 4.38. The van der Waals surface area contributed by atoms with Crippen molar-refractivity contribution < 1.29 is 9.18 Å². The van der Waals surface area contributed by atoms with Gasteiger partial charge in [0.15, 0.2) is 0 Å². The van der Waals surface area contributed by atoms with Gasteiger partial charge in [-0.25, -0.2) is 4.39 Å². The molecule has 0 aliphatic heterocycles. The molecule has 5 heteroatoms. The number of hydrogen-bond donors (Lipinski definition) is 2. The summed E-state index contributed by atoms with van der Waals surface area (Å²) in [6, 6.07) is 4.22. The first-order valence-electron chi connectivity index (χ1n) is 5.90. The number of carbonyl (C=O) groups excluding carboxylic acids is 1. The number of nitrogens with one attached hydrogen (secondary N) is 1. The van der Waals surface area contributed by atoms with Crippen molar-refractivity contribution in [2.75, 3.05) is 6.54 Å². The SMILES string of the molecule is CC(C)CC(CN)NC(=O)c1ccc(Br)c(F)c1. The summed E-state index contributed by atoms with van der Waals surface area (Å²) in [7, 11) is 0. The lowest BCUT2D eigenvalue weighted by atomic mass is 10.0. The molecule has 0 aliphatic carbocycles. The van der Waals surface area contributed by atoms with E-state index in [1.165, 1.54) is 12.1 Å². The number of rotatable bonds is 5. The number of benzene rings is 1. The van der Waals surface area contributed by atoms with E-state index in [0.29, 0.717) is 22.5 Å². The Kier molecular flexibility index (Phi) is 5.75. The molecule has 1 aromatic rings. The van der Waals surface area contributed by atoms with E-state index < -0.39 is 5.82 Å². The maximum absolute atomic E-state index is 13.3. The first kappa shape index (κ1) is 15.1. The highest BCUT2D eigenvalue weighted by molar-refractivity contribution is 9.10. The van der Waals surface area contributed by atoms with Gasteiger partial charge < -0.3 is 11.1 Å². The van der Waals surface area contributed by atoms with Crippen LogP contribution in [0.2, 0.25) is 0 Å². The third-order valence-corrected chi connectivity index (χ3v) is 3.20. The van der Waals surface area contributed by atoms with Crippen molar-refractivity contribution in [1.82, 2.24) is 5.32 Å². The zero-order valence-electron chi connectivity index (χ0n) is 10.5. The Balaban J connectivity index is 2.71. The normalized spacial score (nSPS) is 12.6. The third-order valence-electron chi connectivity index (χ3n) is 2.56. The van der Waals surface area contributed by atoms with E-state index in [1.54, 1.807) is 6.07 Å². The van der Waals surface area contributed by atoms with Crippen LogP contribution in [0, 0.1) is 11.7 Å². The van der Waals surface area contributed by atoms with Crippen LogP contribution in [0.3, 0.4) is 0 Å². The van der Waals surface area contributed by atoms with E-state index >= 15 is 0 Å². The van der Waals surface area contributed by atoms with E-state index in [4.69, 9.17) is 5.73 Å². The first-order valence-corrected chi connectivity index (χ1v) is 6.69. The van der Waals surface area contributed by atoms with Crippen molar-refractivity contribution in [3.8, 4) is 0 Å². The van der Waals surface area contributed by atoms with Crippen molar-refractivity contribution in [3.05, 3.63) is 34.1 Å². The Bertz CT molecular complexity index is 423. The summed E-state index contributed by atoms with van der Waals surface area (Å²) < 4.78 is 13.7. The van der Waals surface area contributed by atoms with E-state index in [2.05, 4.69) is 35.1 Å². The van der Waals surface area contributed by atoms with Crippen molar-refractivity contribution in [3.63, 3.8) is 0 Å². The van der Waals surface area contributed by atoms with Gasteiger partial charge in [-0.1, -0.05) is 13.8 Å². The van der Waals surface area contributed by atoms with Crippen molar-refractivity contribution >= 4 is 21.8 Å². The van der Waals surface area contributed by atoms with Crippen LogP contribution in [0.1, 0.15) is 30.6 Å². The zero-order chi connectivity index (χ0) is 13.7. The van der Waals surface area contributed by atoms with Gasteiger partial charge in [0.25, 0.3) is 5.91 Å². The minimum absolute atomic E-state index is 0.0794. The fraction of sp³-hybridized carbons (Fsp3) is 0.462. The molecule has 1 amide bonds. The van der Waals surface area contributed by atoms with Crippen molar-refractivity contribution in [2.24, 2.45) is 11.7 Å². The topological polar surface area (TPSA) is 55.1 Å². The first-order chi connectivity index (χ1) is 8.43. The Morgan fingerprint density at radius 1 is 1.50 bits per heavy atom. The van der Waals surface area contributed by atoms with Gasteiger partial charge in [-0.2, -0.15) is 0 Å². The molecule has 1 atom stereocenters. The molecule has 0 aromatic heterocycles. The molecule has 100 valence electrons. The second-order valence-corrected chi connectivity index (χ2v) is 5.52. The lowest BCUT2D eigenvalue weighted by molar-refractivity contribution is 0.0933. The minimum Gasteiger partial charge on any atom is -0.348 e. The van der Waals surface area contributed by atoms with Gasteiger partial charge in [-0.05, 0) is 46.5 Å². The summed E-state index contributed by atoms with van der Waals surface area (Å²) in [6.45, 7) is 4.51. The largest absolute Gasteiger partial charge is 0.348 e. The summed E-state index contributed by atoms with van der Waals surface area (Å²) in [5, 5.41) is 2.82. The smallest absolute Gasteiger partial charge is 0.251 e. The molecule has 0 heterocycles. The van der Waals surface area contributed by atoms with Crippen molar-refractivity contribution in [1.29, 1.82) is 0 Å². The molecular weight excluding hydrogens is 299 g/mol. The number of halogens is 2. The van der Waals surface area contributed by atoms with Gasteiger partial charge in [0.05, 0.1) is 4.47 Å². The number of carbonyl (C=O) groups is 1. The predicted molar refractivity (Wildman–Crippen MR) is 73.9 cm³/mol. The highest BCUT2D eigenvalue weighted by Gasteiger charge is 2.14. The lowest BCUT2D eigenvalue weighted by Crippen LogP contribution is -2.41. The number of nitrogens with two attached hydrogens (primary N) is 1. The van der Waals surface area contributed by atoms with Crippen LogP contribution in [-0.2, 0) is 0 Å². The molecule has 0 aliphatic rings. The van der Waals surface area contributed by atoms with Crippen LogP contribution in [-0.4, -0.2) is 18.5 Å². The van der Waals surface area contributed by atoms with Crippen LogP contribution in [0.25, 0.3) is 0 Å². The van der Waals surface area contributed by atoms with E-state index in [-0.39, 0.29) is 11.9 Å². The molecule has 3 N–H and O–H groups in total. The Labute approximate surface area is 115 Å². The summed E-state index contributed by atoms with van der Waals surface area (Å²) >= 11 is 3.05. The Hall–Kier alpha value is -0.940. The van der Waals surface area contributed by atoms with Crippen LogP contribution in [0.4, 0.5) is 4.39 Å². The van der Waals surface area contributed by atoms with Crippen LogP contribution in [0.5, 0.6) is 0 Å². The van der Waals surface area contributed by atoms with Crippen molar-refractivity contribution in [2.45, 2.75) is 26.3 Å². The second-order valence-electron chi connectivity index (χ2n) is 4.66.